The standard InChI is InChI=1S/C19H21N3O3/c1-13-6-4-7-14(10-13)18(22(2)3)19(23)20-12-15-11-17(25-21-15)16-8-5-9-24-16/h4-11,18H,12H2,1-3H3,(H,20,23)/t18-/m1/s1. The lowest BCUT2D eigenvalue weighted by Crippen LogP contribution is -2.36. The van der Waals surface area contributed by atoms with Crippen molar-refractivity contribution < 1.29 is 13.7 Å². The molecule has 1 amide bonds. The fourth-order valence-corrected chi connectivity index (χ4v) is 2.73. The van der Waals surface area contributed by atoms with Gasteiger partial charge in [-0.3, -0.25) is 9.69 Å². The highest BCUT2D eigenvalue weighted by Crippen LogP contribution is 2.22. The molecule has 25 heavy (non-hydrogen) atoms. The predicted octanol–water partition coefficient (Wildman–Crippen LogP) is 3.16. The molecular weight excluding hydrogens is 318 g/mol. The molecule has 0 fully saturated rings. The molecule has 2 aromatic heterocycles. The first kappa shape index (κ1) is 17.0. The number of nitrogens with zero attached hydrogens (tertiary/aromatic N) is 2. The van der Waals surface area contributed by atoms with Crippen LogP contribution in [0.2, 0.25) is 0 Å². The van der Waals surface area contributed by atoms with Crippen molar-refractivity contribution in [3.05, 3.63) is 65.5 Å². The number of carbonyl (C=O) groups excluding carboxylic acids is 1. The quantitative estimate of drug-likeness (QED) is 0.747. The predicted molar refractivity (Wildman–Crippen MR) is 93.7 cm³/mol. The Morgan fingerprint density at radius 1 is 1.20 bits per heavy atom. The topological polar surface area (TPSA) is 71.5 Å². The zero-order chi connectivity index (χ0) is 17.8. The fourth-order valence-electron chi connectivity index (χ4n) is 2.73. The summed E-state index contributed by atoms with van der Waals surface area (Å²) >= 11 is 0. The van der Waals surface area contributed by atoms with Crippen molar-refractivity contribution in [2.24, 2.45) is 0 Å². The fraction of sp³-hybridized carbons (Fsp3) is 0.263. The average Bonchev–Trinajstić information content (AvgIpc) is 3.24. The van der Waals surface area contributed by atoms with E-state index in [0.717, 1.165) is 11.1 Å². The van der Waals surface area contributed by atoms with E-state index < -0.39 is 0 Å². The minimum absolute atomic E-state index is 0.0850. The minimum Gasteiger partial charge on any atom is -0.461 e. The number of aromatic nitrogens is 1. The molecule has 6 nitrogen and oxygen atoms in total. The van der Waals surface area contributed by atoms with E-state index in [9.17, 15) is 4.79 Å². The number of hydrogen-bond donors (Lipinski definition) is 1. The zero-order valence-corrected chi connectivity index (χ0v) is 14.5. The first-order valence-corrected chi connectivity index (χ1v) is 8.05. The van der Waals surface area contributed by atoms with Gasteiger partial charge < -0.3 is 14.3 Å². The second-order valence-corrected chi connectivity index (χ2v) is 6.16. The second kappa shape index (κ2) is 7.36. The number of likely N-dealkylation sites (N-methyl/N-ethyl adjacent to an activating group) is 1. The highest BCUT2D eigenvalue weighted by molar-refractivity contribution is 5.83. The molecule has 130 valence electrons. The van der Waals surface area contributed by atoms with E-state index in [1.807, 2.05) is 50.2 Å². The maximum atomic E-state index is 12.7. The molecule has 0 saturated heterocycles. The third kappa shape index (κ3) is 3.97. The van der Waals surface area contributed by atoms with Gasteiger partial charge in [-0.25, -0.2) is 0 Å². The van der Waals surface area contributed by atoms with E-state index in [1.54, 1.807) is 24.5 Å². The van der Waals surface area contributed by atoms with Gasteiger partial charge in [-0.15, -0.1) is 0 Å². The van der Waals surface area contributed by atoms with Gasteiger partial charge in [0.1, 0.15) is 11.7 Å². The number of aryl methyl sites for hydroxylation is 1. The van der Waals surface area contributed by atoms with E-state index in [0.29, 0.717) is 23.8 Å². The van der Waals surface area contributed by atoms with E-state index in [4.69, 9.17) is 8.94 Å². The Bertz CT molecular complexity index is 837. The van der Waals surface area contributed by atoms with Gasteiger partial charge in [-0.2, -0.15) is 0 Å². The Hall–Kier alpha value is -2.86. The first-order chi connectivity index (χ1) is 12.0. The van der Waals surface area contributed by atoms with Gasteiger partial charge in [-0.1, -0.05) is 35.0 Å². The summed E-state index contributed by atoms with van der Waals surface area (Å²) in [7, 11) is 3.77. The van der Waals surface area contributed by atoms with Crippen LogP contribution < -0.4 is 5.32 Å². The Morgan fingerprint density at radius 3 is 2.72 bits per heavy atom. The maximum absolute atomic E-state index is 12.7. The molecule has 0 aliphatic rings. The van der Waals surface area contributed by atoms with Gasteiger partial charge in [0, 0.05) is 6.07 Å². The summed E-state index contributed by atoms with van der Waals surface area (Å²) in [5.41, 5.74) is 2.72. The molecule has 0 aliphatic carbocycles. The summed E-state index contributed by atoms with van der Waals surface area (Å²) < 4.78 is 10.5. The second-order valence-electron chi connectivity index (χ2n) is 6.16. The monoisotopic (exact) mass is 339 g/mol. The van der Waals surface area contributed by atoms with Crippen LogP contribution in [0, 0.1) is 6.92 Å². The molecule has 3 aromatic rings. The summed E-state index contributed by atoms with van der Waals surface area (Å²) in [4.78, 5) is 14.6. The van der Waals surface area contributed by atoms with Crippen molar-refractivity contribution >= 4 is 5.91 Å². The molecule has 0 saturated carbocycles. The van der Waals surface area contributed by atoms with Crippen molar-refractivity contribution in [3.63, 3.8) is 0 Å². The van der Waals surface area contributed by atoms with E-state index in [1.165, 1.54) is 0 Å². The SMILES string of the molecule is Cc1cccc([C@H](C(=O)NCc2cc(-c3ccco3)on2)N(C)C)c1. The van der Waals surface area contributed by atoms with Crippen LogP contribution in [-0.2, 0) is 11.3 Å². The number of rotatable bonds is 6. The van der Waals surface area contributed by atoms with Crippen LogP contribution >= 0.6 is 0 Å². The number of amides is 1. The summed E-state index contributed by atoms with van der Waals surface area (Å²) in [5, 5.41) is 6.90. The summed E-state index contributed by atoms with van der Waals surface area (Å²) in [6.45, 7) is 2.30. The molecule has 1 N–H and O–H groups in total. The van der Waals surface area contributed by atoms with Crippen LogP contribution in [0.25, 0.3) is 11.5 Å². The maximum Gasteiger partial charge on any atom is 0.242 e. The van der Waals surface area contributed by atoms with Crippen LogP contribution in [0.5, 0.6) is 0 Å². The Balaban J connectivity index is 1.68. The zero-order valence-electron chi connectivity index (χ0n) is 14.5. The van der Waals surface area contributed by atoms with Crippen LogP contribution in [0.1, 0.15) is 22.9 Å². The number of hydrogen-bond acceptors (Lipinski definition) is 5. The van der Waals surface area contributed by atoms with Gasteiger partial charge in [-0.05, 0) is 38.7 Å². The number of benzene rings is 1. The van der Waals surface area contributed by atoms with Gasteiger partial charge in [0.05, 0.1) is 12.8 Å². The minimum atomic E-state index is -0.364. The highest BCUT2D eigenvalue weighted by Gasteiger charge is 2.23. The number of furan rings is 1. The molecule has 6 heteroatoms. The Kier molecular flexibility index (Phi) is 5.00. The lowest BCUT2D eigenvalue weighted by Gasteiger charge is -2.24. The van der Waals surface area contributed by atoms with Crippen molar-refractivity contribution in [2.75, 3.05) is 14.1 Å². The average molecular weight is 339 g/mol. The van der Waals surface area contributed by atoms with Crippen molar-refractivity contribution in [3.8, 4) is 11.5 Å². The molecule has 3 rings (SSSR count). The van der Waals surface area contributed by atoms with Crippen LogP contribution in [0.15, 0.2) is 57.7 Å². The summed E-state index contributed by atoms with van der Waals surface area (Å²) in [6.07, 6.45) is 1.57. The molecule has 0 unspecified atom stereocenters. The normalized spacial score (nSPS) is 12.3. The van der Waals surface area contributed by atoms with E-state index in [2.05, 4.69) is 10.5 Å². The molecule has 1 atom stereocenters. The van der Waals surface area contributed by atoms with Crippen molar-refractivity contribution in [2.45, 2.75) is 19.5 Å². The van der Waals surface area contributed by atoms with E-state index in [-0.39, 0.29) is 11.9 Å². The molecular formula is C19H21N3O3. The summed E-state index contributed by atoms with van der Waals surface area (Å²) in [6, 6.07) is 12.9. The number of carbonyl (C=O) groups is 1. The molecule has 0 spiro atoms. The number of nitrogens with one attached hydrogen (secondary N) is 1. The third-order valence-electron chi connectivity index (χ3n) is 3.89. The molecule has 2 heterocycles. The van der Waals surface area contributed by atoms with E-state index >= 15 is 0 Å². The lowest BCUT2D eigenvalue weighted by molar-refractivity contribution is -0.126. The smallest absolute Gasteiger partial charge is 0.242 e. The van der Waals surface area contributed by atoms with Crippen molar-refractivity contribution in [1.82, 2.24) is 15.4 Å². The van der Waals surface area contributed by atoms with Crippen LogP contribution in [0.3, 0.4) is 0 Å². The first-order valence-electron chi connectivity index (χ1n) is 8.05. The molecule has 0 bridgehead atoms. The van der Waals surface area contributed by atoms with Crippen molar-refractivity contribution in [1.29, 1.82) is 0 Å². The Labute approximate surface area is 146 Å². The lowest BCUT2D eigenvalue weighted by atomic mass is 10.0. The Morgan fingerprint density at radius 2 is 2.04 bits per heavy atom. The molecule has 0 aliphatic heterocycles. The molecule has 0 radical (unpaired) electrons. The van der Waals surface area contributed by atoms with Crippen LogP contribution in [-0.4, -0.2) is 30.1 Å². The van der Waals surface area contributed by atoms with Gasteiger partial charge >= 0.3 is 0 Å². The van der Waals surface area contributed by atoms with Gasteiger partial charge in [0.25, 0.3) is 0 Å². The highest BCUT2D eigenvalue weighted by atomic mass is 16.5. The van der Waals surface area contributed by atoms with Gasteiger partial charge in [0.15, 0.2) is 5.76 Å². The van der Waals surface area contributed by atoms with Crippen LogP contribution in [0.4, 0.5) is 0 Å². The molecule has 1 aromatic carbocycles. The summed E-state index contributed by atoms with van der Waals surface area (Å²) in [5.74, 6) is 1.06. The third-order valence-corrected chi connectivity index (χ3v) is 3.89. The van der Waals surface area contributed by atoms with Gasteiger partial charge in [0.2, 0.25) is 11.7 Å². The largest absolute Gasteiger partial charge is 0.461 e.